The summed E-state index contributed by atoms with van der Waals surface area (Å²) in [5.41, 5.74) is 6.01. The summed E-state index contributed by atoms with van der Waals surface area (Å²) in [7, 11) is 1.61. The molecule has 1 atom stereocenters. The Morgan fingerprint density at radius 1 is 1.41 bits per heavy atom. The fraction of sp³-hybridized carbons (Fsp3) is 0.400. The largest absolute Gasteiger partial charge is 0.497 e. The van der Waals surface area contributed by atoms with Crippen molar-refractivity contribution in [2.75, 3.05) is 7.11 Å². The second-order valence-corrected chi connectivity index (χ2v) is 4.89. The maximum absolute atomic E-state index is 11.1. The number of nitrogens with one attached hydrogen (secondary N) is 1. The number of nitrogens with zero attached hydrogens (tertiary/aromatic N) is 2. The number of hydrogen-bond donors (Lipinski definition) is 2. The Labute approximate surface area is 128 Å². The lowest BCUT2D eigenvalue weighted by molar-refractivity contribution is 0.239. The first-order valence-corrected chi connectivity index (χ1v) is 7.18. The predicted octanol–water partition coefficient (Wildman–Crippen LogP) is 2.64. The molecule has 0 saturated heterocycles. The highest BCUT2D eigenvalue weighted by Gasteiger charge is 2.20. The van der Waals surface area contributed by atoms with Gasteiger partial charge in [0.05, 0.1) is 7.11 Å². The summed E-state index contributed by atoms with van der Waals surface area (Å²) in [6.45, 7) is 2.07. The molecule has 0 aliphatic carbocycles. The van der Waals surface area contributed by atoms with Crippen LogP contribution in [0.4, 0.5) is 4.79 Å². The van der Waals surface area contributed by atoms with Gasteiger partial charge in [-0.2, -0.15) is 4.98 Å². The SMILES string of the molecule is CCCCC(NC(N)=O)c1nc(-c2ccc(OC)cc2)no1. The summed E-state index contributed by atoms with van der Waals surface area (Å²) in [6, 6.07) is 6.36. The number of carbonyl (C=O) groups is 1. The third kappa shape index (κ3) is 3.97. The third-order valence-corrected chi connectivity index (χ3v) is 3.25. The van der Waals surface area contributed by atoms with E-state index in [2.05, 4.69) is 22.4 Å². The Morgan fingerprint density at radius 3 is 2.73 bits per heavy atom. The van der Waals surface area contributed by atoms with E-state index < -0.39 is 6.03 Å². The van der Waals surface area contributed by atoms with Crippen LogP contribution in [0.1, 0.15) is 38.1 Å². The highest BCUT2D eigenvalue weighted by Crippen LogP contribution is 2.23. The Balaban J connectivity index is 2.17. The molecule has 0 fully saturated rings. The summed E-state index contributed by atoms with van der Waals surface area (Å²) in [5.74, 6) is 1.58. The molecule has 2 amide bonds. The van der Waals surface area contributed by atoms with Crippen LogP contribution >= 0.6 is 0 Å². The number of benzene rings is 1. The number of rotatable bonds is 7. The predicted molar refractivity (Wildman–Crippen MR) is 81.3 cm³/mol. The fourth-order valence-corrected chi connectivity index (χ4v) is 2.07. The first-order chi connectivity index (χ1) is 10.6. The second kappa shape index (κ2) is 7.44. The molecule has 1 heterocycles. The molecule has 0 bridgehead atoms. The summed E-state index contributed by atoms with van der Waals surface area (Å²) < 4.78 is 10.4. The number of unbranched alkanes of at least 4 members (excludes halogenated alkanes) is 1. The third-order valence-electron chi connectivity index (χ3n) is 3.25. The quantitative estimate of drug-likeness (QED) is 0.818. The molecule has 1 unspecified atom stereocenters. The van der Waals surface area contributed by atoms with Gasteiger partial charge in [0, 0.05) is 5.56 Å². The van der Waals surface area contributed by atoms with Crippen LogP contribution in [0.5, 0.6) is 5.75 Å². The first-order valence-electron chi connectivity index (χ1n) is 7.18. The summed E-state index contributed by atoms with van der Waals surface area (Å²) in [6.07, 6.45) is 2.62. The molecule has 7 heteroatoms. The van der Waals surface area contributed by atoms with Crippen molar-refractivity contribution in [3.8, 4) is 17.1 Å². The van der Waals surface area contributed by atoms with Crippen LogP contribution in [0.3, 0.4) is 0 Å². The van der Waals surface area contributed by atoms with Crippen molar-refractivity contribution in [1.29, 1.82) is 0 Å². The van der Waals surface area contributed by atoms with E-state index in [9.17, 15) is 4.79 Å². The molecule has 0 saturated carbocycles. The van der Waals surface area contributed by atoms with Crippen molar-refractivity contribution in [3.05, 3.63) is 30.2 Å². The molecule has 1 aromatic carbocycles. The standard InChI is InChI=1S/C15H20N4O3/c1-3-4-5-12(17-15(16)20)14-18-13(19-22-14)10-6-8-11(21-2)9-7-10/h6-9,12H,3-5H2,1-2H3,(H3,16,17,20). The van der Waals surface area contributed by atoms with Crippen LogP contribution in [-0.2, 0) is 0 Å². The number of nitrogens with two attached hydrogens (primary N) is 1. The van der Waals surface area contributed by atoms with E-state index >= 15 is 0 Å². The molecule has 7 nitrogen and oxygen atoms in total. The monoisotopic (exact) mass is 304 g/mol. The van der Waals surface area contributed by atoms with Gasteiger partial charge in [0.15, 0.2) is 0 Å². The topological polar surface area (TPSA) is 103 Å². The molecule has 0 aliphatic heterocycles. The molecular formula is C15H20N4O3. The number of primary amides is 1. The van der Waals surface area contributed by atoms with Crippen molar-refractivity contribution in [2.45, 2.75) is 32.2 Å². The average molecular weight is 304 g/mol. The maximum atomic E-state index is 11.1. The van der Waals surface area contributed by atoms with Crippen LogP contribution < -0.4 is 15.8 Å². The van der Waals surface area contributed by atoms with Crippen molar-refractivity contribution in [1.82, 2.24) is 15.5 Å². The van der Waals surface area contributed by atoms with Crippen LogP contribution in [0.25, 0.3) is 11.4 Å². The zero-order valence-electron chi connectivity index (χ0n) is 12.7. The summed E-state index contributed by atoms with van der Waals surface area (Å²) in [5, 5.41) is 6.60. The van der Waals surface area contributed by atoms with E-state index in [0.29, 0.717) is 18.1 Å². The van der Waals surface area contributed by atoms with Crippen LogP contribution in [-0.4, -0.2) is 23.3 Å². The number of methoxy groups -OCH3 is 1. The number of hydrogen-bond acceptors (Lipinski definition) is 5. The number of aromatic nitrogens is 2. The fourth-order valence-electron chi connectivity index (χ4n) is 2.07. The van der Waals surface area contributed by atoms with Gasteiger partial charge in [-0.15, -0.1) is 0 Å². The number of ether oxygens (including phenoxy) is 1. The van der Waals surface area contributed by atoms with Gasteiger partial charge < -0.3 is 20.3 Å². The van der Waals surface area contributed by atoms with Gasteiger partial charge in [-0.05, 0) is 30.7 Å². The highest BCUT2D eigenvalue weighted by molar-refractivity contribution is 5.72. The van der Waals surface area contributed by atoms with Gasteiger partial charge in [0.1, 0.15) is 11.8 Å². The summed E-state index contributed by atoms with van der Waals surface area (Å²) >= 11 is 0. The Kier molecular flexibility index (Phi) is 5.35. The minimum atomic E-state index is -0.606. The molecule has 3 N–H and O–H groups in total. The highest BCUT2D eigenvalue weighted by atomic mass is 16.5. The van der Waals surface area contributed by atoms with Crippen molar-refractivity contribution >= 4 is 6.03 Å². The molecule has 118 valence electrons. The van der Waals surface area contributed by atoms with Crippen LogP contribution in [0.15, 0.2) is 28.8 Å². The minimum Gasteiger partial charge on any atom is -0.497 e. The Morgan fingerprint density at radius 2 is 2.14 bits per heavy atom. The number of carbonyl (C=O) groups excluding carboxylic acids is 1. The van der Waals surface area contributed by atoms with E-state index in [-0.39, 0.29) is 6.04 Å². The molecule has 0 radical (unpaired) electrons. The van der Waals surface area contributed by atoms with Crippen LogP contribution in [0, 0.1) is 0 Å². The van der Waals surface area contributed by atoms with Crippen molar-refractivity contribution in [2.24, 2.45) is 5.73 Å². The number of urea groups is 1. The molecule has 2 aromatic rings. The van der Waals surface area contributed by atoms with Crippen molar-refractivity contribution in [3.63, 3.8) is 0 Å². The normalized spacial score (nSPS) is 11.9. The molecule has 22 heavy (non-hydrogen) atoms. The average Bonchev–Trinajstić information content (AvgIpc) is 3.01. The van der Waals surface area contributed by atoms with Crippen LogP contribution in [0.2, 0.25) is 0 Å². The van der Waals surface area contributed by atoms with Gasteiger partial charge >= 0.3 is 6.03 Å². The van der Waals surface area contributed by atoms with E-state index in [4.69, 9.17) is 15.0 Å². The number of amides is 2. The van der Waals surface area contributed by atoms with Gasteiger partial charge in [-0.3, -0.25) is 0 Å². The van der Waals surface area contributed by atoms with E-state index in [1.165, 1.54) is 0 Å². The molecular weight excluding hydrogens is 284 g/mol. The zero-order chi connectivity index (χ0) is 15.9. The van der Waals surface area contributed by atoms with Gasteiger partial charge in [-0.25, -0.2) is 4.79 Å². The molecule has 2 rings (SSSR count). The molecule has 0 spiro atoms. The Bertz CT molecular complexity index is 610. The van der Waals surface area contributed by atoms with Gasteiger partial charge in [0.25, 0.3) is 0 Å². The lowest BCUT2D eigenvalue weighted by atomic mass is 10.1. The van der Waals surface area contributed by atoms with E-state index in [1.54, 1.807) is 7.11 Å². The molecule has 0 aliphatic rings. The minimum absolute atomic E-state index is 0.359. The lowest BCUT2D eigenvalue weighted by Crippen LogP contribution is -2.33. The van der Waals surface area contributed by atoms with Crippen molar-refractivity contribution < 1.29 is 14.1 Å². The second-order valence-electron chi connectivity index (χ2n) is 4.89. The van der Waals surface area contributed by atoms with E-state index in [0.717, 1.165) is 24.2 Å². The van der Waals surface area contributed by atoms with Gasteiger partial charge in [-0.1, -0.05) is 24.9 Å². The van der Waals surface area contributed by atoms with E-state index in [1.807, 2.05) is 24.3 Å². The molecule has 1 aromatic heterocycles. The van der Waals surface area contributed by atoms with Gasteiger partial charge in [0.2, 0.25) is 11.7 Å². The Hall–Kier alpha value is -2.57. The summed E-state index contributed by atoms with van der Waals surface area (Å²) in [4.78, 5) is 15.5. The smallest absolute Gasteiger partial charge is 0.312 e. The maximum Gasteiger partial charge on any atom is 0.312 e. The lowest BCUT2D eigenvalue weighted by Gasteiger charge is -2.12. The first kappa shape index (κ1) is 15.8. The zero-order valence-corrected chi connectivity index (χ0v) is 12.7.